The quantitative estimate of drug-likeness (QED) is 0.0732. The number of hydrogen-bond donors (Lipinski definition) is 15. The number of hydrogen-bond acceptors (Lipinski definition) is 21. The smallest absolute Gasteiger partial charge is 0.475 e. The second-order valence-electron chi connectivity index (χ2n) is 10.9. The Bertz CT molecular complexity index is 1170. The van der Waals surface area contributed by atoms with Crippen molar-refractivity contribution in [1.82, 2.24) is 0 Å². The van der Waals surface area contributed by atoms with Gasteiger partial charge in [0.2, 0.25) is 0 Å². The number of aliphatic hydroxyl groups is 11. The van der Waals surface area contributed by atoms with E-state index in [0.29, 0.717) is 0 Å². The van der Waals surface area contributed by atoms with Crippen molar-refractivity contribution in [2.24, 2.45) is 0 Å². The van der Waals surface area contributed by atoms with Crippen LogP contribution in [0.2, 0.25) is 0 Å². The first-order valence-electron chi connectivity index (χ1n) is 13.7. The fourth-order valence-corrected chi connectivity index (χ4v) is 6.65. The van der Waals surface area contributed by atoms with Crippen LogP contribution >= 0.6 is 15.6 Å². The molecule has 27 heteroatoms. The second-order valence-corrected chi connectivity index (χ2v) is 13.5. The van der Waals surface area contributed by atoms with Gasteiger partial charge in [0.05, 0.1) is 19.8 Å². The summed E-state index contributed by atoms with van der Waals surface area (Å²) in [5.41, 5.74) is 0. The van der Waals surface area contributed by atoms with Crippen molar-refractivity contribution in [3.63, 3.8) is 0 Å². The maximum absolute atomic E-state index is 13.0. The van der Waals surface area contributed by atoms with Crippen molar-refractivity contribution < 1.29 is 122 Å². The van der Waals surface area contributed by atoms with Crippen LogP contribution in [0, 0.1) is 0 Å². The third-order valence-electron chi connectivity index (χ3n) is 7.45. The average Bonchev–Trinajstić information content (AvgIpc) is 3.00. The molecule has 3 rings (SSSR count). The molecule has 3 aliphatic rings. The predicted molar refractivity (Wildman–Crippen MR) is 140 cm³/mol. The first-order valence-corrected chi connectivity index (χ1v) is 16.7. The van der Waals surface area contributed by atoms with E-state index in [-0.39, 0.29) is 0 Å². The van der Waals surface area contributed by atoms with Gasteiger partial charge < -0.3 is 94.9 Å². The van der Waals surface area contributed by atoms with Gasteiger partial charge in [-0.05, 0) is 0 Å². The van der Waals surface area contributed by atoms with Gasteiger partial charge in [-0.2, -0.15) is 0 Å². The fraction of sp³-hybridized carbons (Fsp3) is 0.952. The summed E-state index contributed by atoms with van der Waals surface area (Å²) in [6, 6.07) is 0. The summed E-state index contributed by atoms with van der Waals surface area (Å²) in [6.07, 6.45) is -34.6. The first-order chi connectivity index (χ1) is 22.1. The molecule has 1 unspecified atom stereocenters. The van der Waals surface area contributed by atoms with Crippen LogP contribution in [-0.2, 0) is 46.4 Å². The van der Waals surface area contributed by atoms with E-state index in [0.717, 1.165) is 0 Å². The van der Waals surface area contributed by atoms with Crippen LogP contribution in [-0.4, -0.2) is 199 Å². The van der Waals surface area contributed by atoms with E-state index in [1.165, 1.54) is 0 Å². The Kier molecular flexibility index (Phi) is 14.0. The SMILES string of the molecule is O=C(O)[C@@]1(O)C[C@@H](OP(=O)(O)O)[C@@H](O[C@H]2O[C@H]([C@@H](O)CO)[C@@H](O)[C@H](OP(=O)(O)O[C@H]3O[C@H](CO)[C@@H](O)[C@H](O)[C@H]3O)[C@@H]2O)[C@@H]([C@H](O)CO)O1. The second kappa shape index (κ2) is 16.2. The molecule has 3 heterocycles. The van der Waals surface area contributed by atoms with E-state index >= 15 is 0 Å². The lowest BCUT2D eigenvalue weighted by Gasteiger charge is -2.48. The number of ether oxygens (including phenoxy) is 4. The number of carboxylic acids is 1. The molecule has 0 saturated carbocycles. The van der Waals surface area contributed by atoms with Crippen molar-refractivity contribution in [3.8, 4) is 0 Å². The molecule has 0 aromatic heterocycles. The molecule has 0 aromatic carbocycles. The van der Waals surface area contributed by atoms with Crippen LogP contribution in [0.3, 0.4) is 0 Å². The summed E-state index contributed by atoms with van der Waals surface area (Å²) in [5, 5.41) is 120. The molecule has 3 aliphatic heterocycles. The summed E-state index contributed by atoms with van der Waals surface area (Å²) in [5.74, 6) is -5.47. The van der Waals surface area contributed by atoms with E-state index < -0.39 is 146 Å². The number of carbonyl (C=O) groups is 1. The number of rotatable bonds is 14. The molecule has 282 valence electrons. The number of aliphatic carboxylic acids is 1. The number of aliphatic hydroxyl groups excluding tert-OH is 10. The van der Waals surface area contributed by atoms with E-state index in [1.807, 2.05) is 0 Å². The van der Waals surface area contributed by atoms with Gasteiger partial charge >= 0.3 is 21.6 Å². The third-order valence-corrected chi connectivity index (χ3v) is 8.98. The lowest BCUT2D eigenvalue weighted by molar-refractivity contribution is -0.362. The van der Waals surface area contributed by atoms with Gasteiger partial charge in [-0.3, -0.25) is 13.6 Å². The molecule has 0 aromatic rings. The minimum absolute atomic E-state index is 0.980. The van der Waals surface area contributed by atoms with Crippen LogP contribution in [0.5, 0.6) is 0 Å². The minimum atomic E-state index is -5.72. The highest BCUT2D eigenvalue weighted by Crippen LogP contribution is 2.50. The maximum Gasteiger partial charge on any atom is 0.475 e. The zero-order valence-electron chi connectivity index (χ0n) is 24.2. The molecular formula is C21H38O25P2. The van der Waals surface area contributed by atoms with Crippen molar-refractivity contribution in [1.29, 1.82) is 0 Å². The average molecular weight is 752 g/mol. The zero-order chi connectivity index (χ0) is 36.5. The highest BCUT2D eigenvalue weighted by atomic mass is 31.2. The summed E-state index contributed by atoms with van der Waals surface area (Å²) in [7, 11) is -11.3. The van der Waals surface area contributed by atoms with Gasteiger partial charge in [-0.15, -0.1) is 0 Å². The molecule has 17 atom stereocenters. The van der Waals surface area contributed by atoms with Crippen LogP contribution in [0.15, 0.2) is 0 Å². The Balaban J connectivity index is 1.96. The van der Waals surface area contributed by atoms with Gasteiger partial charge in [-0.25, -0.2) is 13.9 Å². The molecular weight excluding hydrogens is 714 g/mol. The Labute approximate surface area is 268 Å². The van der Waals surface area contributed by atoms with Gasteiger partial charge in [0.1, 0.15) is 79.4 Å². The number of phosphoric ester groups is 2. The van der Waals surface area contributed by atoms with Gasteiger partial charge in [0, 0.05) is 6.42 Å². The minimum Gasteiger partial charge on any atom is -0.477 e. The summed E-state index contributed by atoms with van der Waals surface area (Å²) < 4.78 is 59.4. The summed E-state index contributed by atoms with van der Waals surface area (Å²) in [4.78, 5) is 41.0. The molecule has 3 saturated heterocycles. The van der Waals surface area contributed by atoms with E-state index in [4.69, 9.17) is 23.5 Å². The molecule has 0 amide bonds. The van der Waals surface area contributed by atoms with Crippen LogP contribution in [0.4, 0.5) is 0 Å². The highest BCUT2D eigenvalue weighted by Gasteiger charge is 2.59. The Morgan fingerprint density at radius 1 is 0.771 bits per heavy atom. The number of phosphoric acid groups is 2. The lowest BCUT2D eigenvalue weighted by Crippen LogP contribution is -2.67. The Hall–Kier alpha value is -0.910. The van der Waals surface area contributed by atoms with Gasteiger partial charge in [-0.1, -0.05) is 0 Å². The van der Waals surface area contributed by atoms with Crippen molar-refractivity contribution in [3.05, 3.63) is 0 Å². The highest BCUT2D eigenvalue weighted by molar-refractivity contribution is 7.47. The summed E-state index contributed by atoms with van der Waals surface area (Å²) in [6.45, 7) is -3.44. The third kappa shape index (κ3) is 9.49. The largest absolute Gasteiger partial charge is 0.477 e. The normalized spacial score (nSPS) is 43.7. The van der Waals surface area contributed by atoms with Gasteiger partial charge in [0.15, 0.2) is 12.6 Å². The molecule has 0 radical (unpaired) electrons. The predicted octanol–water partition coefficient (Wildman–Crippen LogP) is -8.13. The first kappa shape index (κ1) is 41.5. The molecule has 3 fully saturated rings. The lowest BCUT2D eigenvalue weighted by atomic mass is 9.91. The topological polar surface area (TPSA) is 419 Å². The van der Waals surface area contributed by atoms with Gasteiger partial charge in [0.25, 0.3) is 5.79 Å². The molecule has 48 heavy (non-hydrogen) atoms. The van der Waals surface area contributed by atoms with Crippen molar-refractivity contribution in [2.75, 3.05) is 19.8 Å². The molecule has 25 nitrogen and oxygen atoms in total. The Morgan fingerprint density at radius 2 is 1.35 bits per heavy atom. The molecule has 0 bridgehead atoms. The summed E-state index contributed by atoms with van der Waals surface area (Å²) >= 11 is 0. The maximum atomic E-state index is 13.0. The molecule has 15 N–H and O–H groups in total. The van der Waals surface area contributed by atoms with E-state index in [1.54, 1.807) is 0 Å². The van der Waals surface area contributed by atoms with Crippen molar-refractivity contribution >= 4 is 21.6 Å². The zero-order valence-corrected chi connectivity index (χ0v) is 26.0. The monoisotopic (exact) mass is 752 g/mol. The van der Waals surface area contributed by atoms with E-state index in [9.17, 15) is 89.9 Å². The molecule has 0 aliphatic carbocycles. The molecule has 0 spiro atoms. The Morgan fingerprint density at radius 3 is 1.88 bits per heavy atom. The standard InChI is InChI=1S/C21H38O25P2/c22-2-5(25)14-12(30)17(45-48(38,39)46-19-11(29)10(28)9(27)8(4-24)40-19)13(31)18(41-14)42-16-7(44-47(35,36)37)1-21(34,20(32)33)43-15(16)6(26)3-23/h5-19,22-31,34H,1-4H2,(H,32,33)(H,38,39)(H2,35,36,37)/t5-,6+,7+,8+,9+,10-,11+,12+,13-,14+,15+,16+,17-,18+,19+,21+/m0/s1. The van der Waals surface area contributed by atoms with Crippen molar-refractivity contribution in [2.45, 2.75) is 104 Å². The number of carboxylic acid groups (broad SMARTS) is 1. The van der Waals surface area contributed by atoms with E-state index in [2.05, 4.69) is 9.05 Å². The van der Waals surface area contributed by atoms with Crippen LogP contribution < -0.4 is 0 Å². The van der Waals surface area contributed by atoms with Crippen LogP contribution in [0.25, 0.3) is 0 Å². The fourth-order valence-electron chi connectivity index (χ4n) is 5.06. The van der Waals surface area contributed by atoms with Crippen LogP contribution in [0.1, 0.15) is 6.42 Å².